The van der Waals surface area contributed by atoms with E-state index in [2.05, 4.69) is 0 Å². The van der Waals surface area contributed by atoms with E-state index in [9.17, 15) is 13.6 Å². The van der Waals surface area contributed by atoms with Gasteiger partial charge in [-0.15, -0.1) is 0 Å². The zero-order valence-corrected chi connectivity index (χ0v) is 8.85. The number of aliphatic hydroxyl groups is 1. The van der Waals surface area contributed by atoms with E-state index in [-0.39, 0.29) is 19.2 Å². The van der Waals surface area contributed by atoms with Gasteiger partial charge in [-0.1, -0.05) is 12.2 Å². The first-order chi connectivity index (χ1) is 7.54. The van der Waals surface area contributed by atoms with Crippen molar-refractivity contribution in [2.45, 2.75) is 18.9 Å². The molecule has 1 rings (SSSR count). The lowest BCUT2D eigenvalue weighted by Gasteiger charge is -2.24. The van der Waals surface area contributed by atoms with Gasteiger partial charge in [0.1, 0.15) is 0 Å². The molecule has 0 bridgehead atoms. The topological polar surface area (TPSA) is 66.6 Å². The van der Waals surface area contributed by atoms with Crippen molar-refractivity contribution in [3.05, 3.63) is 12.2 Å². The molecule has 6 heteroatoms. The number of hydrogen-bond donors (Lipinski definition) is 2. The second-order valence-corrected chi connectivity index (χ2v) is 3.79. The van der Waals surface area contributed by atoms with Crippen LogP contribution in [-0.2, 0) is 4.79 Å². The molecular formula is C10H16F2N2O2. The maximum Gasteiger partial charge on any atom is 0.255 e. The summed E-state index contributed by atoms with van der Waals surface area (Å²) in [6.07, 6.45) is 1.20. The molecule has 0 spiro atoms. The summed E-state index contributed by atoms with van der Waals surface area (Å²) in [6.45, 7) is -1.03. The van der Waals surface area contributed by atoms with Crippen LogP contribution in [0.25, 0.3) is 0 Å². The average molecular weight is 234 g/mol. The lowest BCUT2D eigenvalue weighted by atomic mass is 10.1. The molecular weight excluding hydrogens is 218 g/mol. The van der Waals surface area contributed by atoms with Gasteiger partial charge in [-0.3, -0.25) is 4.79 Å². The SMILES string of the molecule is NC1C=CC(C(=O)N(CCO)CC(F)F)C1. The molecule has 0 fully saturated rings. The minimum atomic E-state index is -2.59. The molecule has 0 aromatic carbocycles. The summed E-state index contributed by atoms with van der Waals surface area (Å²) < 4.78 is 24.4. The Morgan fingerprint density at radius 3 is 2.69 bits per heavy atom. The van der Waals surface area contributed by atoms with Gasteiger partial charge in [-0.25, -0.2) is 8.78 Å². The Kier molecular flexibility index (Phi) is 4.82. The van der Waals surface area contributed by atoms with Crippen molar-refractivity contribution in [1.82, 2.24) is 4.90 Å². The van der Waals surface area contributed by atoms with Crippen molar-refractivity contribution in [3.63, 3.8) is 0 Å². The molecule has 2 atom stereocenters. The first-order valence-corrected chi connectivity index (χ1v) is 5.16. The molecule has 1 aliphatic carbocycles. The van der Waals surface area contributed by atoms with Crippen molar-refractivity contribution in [1.29, 1.82) is 0 Å². The third-order valence-corrected chi connectivity index (χ3v) is 2.47. The largest absolute Gasteiger partial charge is 0.395 e. The normalized spacial score (nSPS) is 24.1. The second-order valence-electron chi connectivity index (χ2n) is 3.79. The van der Waals surface area contributed by atoms with Crippen LogP contribution in [0.4, 0.5) is 8.78 Å². The van der Waals surface area contributed by atoms with Crippen LogP contribution in [-0.4, -0.2) is 48.1 Å². The van der Waals surface area contributed by atoms with Crippen LogP contribution in [0.3, 0.4) is 0 Å². The number of carbonyl (C=O) groups excluding carboxylic acids is 1. The molecule has 92 valence electrons. The van der Waals surface area contributed by atoms with Crippen LogP contribution in [0, 0.1) is 5.92 Å². The van der Waals surface area contributed by atoms with Gasteiger partial charge in [0.15, 0.2) is 0 Å². The van der Waals surface area contributed by atoms with E-state index in [1.807, 2.05) is 0 Å². The Morgan fingerprint density at radius 2 is 2.25 bits per heavy atom. The van der Waals surface area contributed by atoms with Crippen molar-refractivity contribution < 1.29 is 18.7 Å². The highest BCUT2D eigenvalue weighted by molar-refractivity contribution is 5.81. The van der Waals surface area contributed by atoms with E-state index in [4.69, 9.17) is 10.8 Å². The fraction of sp³-hybridized carbons (Fsp3) is 0.700. The van der Waals surface area contributed by atoms with Gasteiger partial charge in [-0.2, -0.15) is 0 Å². The van der Waals surface area contributed by atoms with Gasteiger partial charge < -0.3 is 15.7 Å². The molecule has 4 nitrogen and oxygen atoms in total. The lowest BCUT2D eigenvalue weighted by Crippen LogP contribution is -2.40. The Balaban J connectivity index is 2.56. The van der Waals surface area contributed by atoms with E-state index in [1.165, 1.54) is 0 Å². The van der Waals surface area contributed by atoms with E-state index in [0.29, 0.717) is 6.42 Å². The molecule has 0 saturated heterocycles. The highest BCUT2D eigenvalue weighted by atomic mass is 19.3. The zero-order chi connectivity index (χ0) is 12.1. The molecule has 0 heterocycles. The number of nitrogens with two attached hydrogens (primary N) is 1. The number of carbonyl (C=O) groups is 1. The van der Waals surface area contributed by atoms with Crippen LogP contribution in [0.5, 0.6) is 0 Å². The average Bonchev–Trinajstić information content (AvgIpc) is 2.62. The van der Waals surface area contributed by atoms with Crippen LogP contribution in [0.2, 0.25) is 0 Å². The number of hydrogen-bond acceptors (Lipinski definition) is 3. The van der Waals surface area contributed by atoms with E-state index < -0.39 is 24.8 Å². The summed E-state index contributed by atoms with van der Waals surface area (Å²) in [5, 5.41) is 8.71. The quantitative estimate of drug-likeness (QED) is 0.657. The molecule has 3 N–H and O–H groups in total. The molecule has 0 aromatic heterocycles. The molecule has 1 amide bonds. The number of alkyl halides is 2. The molecule has 2 unspecified atom stereocenters. The van der Waals surface area contributed by atoms with Crippen LogP contribution in [0.1, 0.15) is 6.42 Å². The standard InChI is InChI=1S/C10H16F2N2O2/c11-9(12)6-14(3-4-15)10(16)7-1-2-8(13)5-7/h1-2,7-9,15H,3-6,13H2. The van der Waals surface area contributed by atoms with E-state index in [1.54, 1.807) is 12.2 Å². The highest BCUT2D eigenvalue weighted by Gasteiger charge is 2.28. The number of halogens is 2. The maximum absolute atomic E-state index is 12.2. The third kappa shape index (κ3) is 3.53. The minimum Gasteiger partial charge on any atom is -0.395 e. The second kappa shape index (κ2) is 5.91. The van der Waals surface area contributed by atoms with Gasteiger partial charge in [0.25, 0.3) is 6.43 Å². The minimum absolute atomic E-state index is 0.0667. The van der Waals surface area contributed by atoms with Crippen LogP contribution in [0.15, 0.2) is 12.2 Å². The number of aliphatic hydroxyl groups excluding tert-OH is 1. The van der Waals surface area contributed by atoms with Crippen molar-refractivity contribution in [2.75, 3.05) is 19.7 Å². The summed E-state index contributed by atoms with van der Waals surface area (Å²) in [5.74, 6) is -0.821. The Morgan fingerprint density at radius 1 is 1.56 bits per heavy atom. The highest BCUT2D eigenvalue weighted by Crippen LogP contribution is 2.19. The van der Waals surface area contributed by atoms with Gasteiger partial charge in [0.2, 0.25) is 5.91 Å². The summed E-state index contributed by atoms with van der Waals surface area (Å²) in [4.78, 5) is 12.8. The van der Waals surface area contributed by atoms with E-state index in [0.717, 1.165) is 4.90 Å². The Bertz CT molecular complexity index is 272. The Labute approximate surface area is 92.7 Å². The zero-order valence-electron chi connectivity index (χ0n) is 8.85. The monoisotopic (exact) mass is 234 g/mol. The van der Waals surface area contributed by atoms with Gasteiger partial charge in [0, 0.05) is 12.6 Å². The number of amides is 1. The first-order valence-electron chi connectivity index (χ1n) is 5.16. The third-order valence-electron chi connectivity index (χ3n) is 2.47. The van der Waals surface area contributed by atoms with Crippen LogP contribution < -0.4 is 5.73 Å². The predicted molar refractivity (Wildman–Crippen MR) is 54.9 cm³/mol. The first kappa shape index (κ1) is 13.1. The number of rotatable bonds is 5. The molecule has 1 aliphatic rings. The predicted octanol–water partition coefficient (Wildman–Crippen LogP) is -0.0242. The van der Waals surface area contributed by atoms with Crippen molar-refractivity contribution >= 4 is 5.91 Å². The maximum atomic E-state index is 12.2. The number of nitrogens with zero attached hydrogens (tertiary/aromatic N) is 1. The lowest BCUT2D eigenvalue weighted by molar-refractivity contribution is -0.136. The Hall–Kier alpha value is -1.01. The summed E-state index contributed by atoms with van der Waals surface area (Å²) in [5.41, 5.74) is 5.58. The van der Waals surface area contributed by atoms with Crippen LogP contribution >= 0.6 is 0 Å². The molecule has 0 saturated carbocycles. The van der Waals surface area contributed by atoms with Gasteiger partial charge in [-0.05, 0) is 6.42 Å². The van der Waals surface area contributed by atoms with Gasteiger partial charge in [0.05, 0.1) is 19.1 Å². The van der Waals surface area contributed by atoms with Crippen molar-refractivity contribution in [2.24, 2.45) is 11.7 Å². The summed E-state index contributed by atoms with van der Waals surface area (Å²) in [7, 11) is 0. The van der Waals surface area contributed by atoms with Gasteiger partial charge >= 0.3 is 0 Å². The molecule has 0 aromatic rings. The smallest absolute Gasteiger partial charge is 0.255 e. The molecule has 16 heavy (non-hydrogen) atoms. The summed E-state index contributed by atoms with van der Waals surface area (Å²) in [6, 6.07) is -0.184. The molecule has 0 radical (unpaired) electrons. The van der Waals surface area contributed by atoms with E-state index >= 15 is 0 Å². The molecule has 0 aliphatic heterocycles. The fourth-order valence-corrected chi connectivity index (χ4v) is 1.72. The fourth-order valence-electron chi connectivity index (χ4n) is 1.72. The summed E-state index contributed by atoms with van der Waals surface area (Å²) >= 11 is 0. The van der Waals surface area contributed by atoms with Crippen molar-refractivity contribution in [3.8, 4) is 0 Å².